The zero-order valence-corrected chi connectivity index (χ0v) is 14.2. The molecule has 4 nitrogen and oxygen atoms in total. The van der Waals surface area contributed by atoms with Crippen LogP contribution in [0.15, 0.2) is 42.2 Å². The van der Waals surface area contributed by atoms with Gasteiger partial charge in [0.2, 0.25) is 0 Å². The van der Waals surface area contributed by atoms with E-state index in [4.69, 9.17) is 0 Å². The average molecular weight is 321 g/mol. The van der Waals surface area contributed by atoms with Crippen LogP contribution in [0.4, 0.5) is 5.69 Å². The number of anilines is 1. The van der Waals surface area contributed by atoms with Gasteiger partial charge >= 0.3 is 5.91 Å². The second-order valence-electron chi connectivity index (χ2n) is 6.21. The van der Waals surface area contributed by atoms with Crippen molar-refractivity contribution in [3.8, 4) is 0 Å². The number of carbonyl (C=O) groups is 2. The second kappa shape index (κ2) is 5.64. The topological polar surface area (TPSA) is 57.6 Å². The van der Waals surface area contributed by atoms with Gasteiger partial charge in [0.1, 0.15) is 0 Å². The Morgan fingerprint density at radius 2 is 1.58 bits per heavy atom. The molecule has 3 rings (SSSR count). The lowest BCUT2D eigenvalue weighted by atomic mass is 9.98. The fourth-order valence-electron chi connectivity index (χ4n) is 3.05. The van der Waals surface area contributed by atoms with E-state index in [2.05, 4.69) is 0 Å². The molecule has 0 bridgehead atoms. The van der Waals surface area contributed by atoms with Gasteiger partial charge in [0.05, 0.1) is 11.3 Å². The van der Waals surface area contributed by atoms with Crippen molar-refractivity contribution in [3.05, 3.63) is 70.0 Å². The predicted molar refractivity (Wildman–Crippen MR) is 93.9 cm³/mol. The van der Waals surface area contributed by atoms with E-state index in [0.717, 1.165) is 27.2 Å². The summed E-state index contributed by atoms with van der Waals surface area (Å²) in [6, 6.07) is 11.0. The highest BCUT2D eigenvalue weighted by molar-refractivity contribution is 6.45. The molecule has 122 valence electrons. The highest BCUT2D eigenvalue weighted by atomic mass is 16.3. The molecule has 1 N–H and O–H groups in total. The van der Waals surface area contributed by atoms with Crippen LogP contribution in [-0.2, 0) is 9.59 Å². The molecule has 2 aromatic rings. The Labute approximate surface area is 141 Å². The molecule has 1 aliphatic heterocycles. The molecule has 2 aromatic carbocycles. The van der Waals surface area contributed by atoms with Crippen molar-refractivity contribution in [2.75, 3.05) is 4.90 Å². The summed E-state index contributed by atoms with van der Waals surface area (Å²) in [7, 11) is 0. The summed E-state index contributed by atoms with van der Waals surface area (Å²) < 4.78 is 0. The van der Waals surface area contributed by atoms with Gasteiger partial charge < -0.3 is 5.11 Å². The Bertz CT molecular complexity index is 909. The Hall–Kier alpha value is -2.88. The van der Waals surface area contributed by atoms with Crippen molar-refractivity contribution in [1.29, 1.82) is 0 Å². The van der Waals surface area contributed by atoms with Crippen molar-refractivity contribution in [3.63, 3.8) is 0 Å². The average Bonchev–Trinajstić information content (AvgIpc) is 2.74. The van der Waals surface area contributed by atoms with Crippen LogP contribution in [0.5, 0.6) is 0 Å². The van der Waals surface area contributed by atoms with Crippen molar-refractivity contribution in [2.24, 2.45) is 0 Å². The Morgan fingerprint density at radius 3 is 2.25 bits per heavy atom. The number of hydrogen-bond acceptors (Lipinski definition) is 3. The van der Waals surface area contributed by atoms with Crippen LogP contribution >= 0.6 is 0 Å². The van der Waals surface area contributed by atoms with Crippen LogP contribution in [0.25, 0.3) is 5.57 Å². The van der Waals surface area contributed by atoms with E-state index in [9.17, 15) is 14.7 Å². The lowest BCUT2D eigenvalue weighted by Crippen LogP contribution is -2.32. The van der Waals surface area contributed by atoms with Gasteiger partial charge in [-0.1, -0.05) is 35.9 Å². The molecular formula is C20H19NO3. The zero-order chi connectivity index (χ0) is 17.6. The summed E-state index contributed by atoms with van der Waals surface area (Å²) in [6.07, 6.45) is 0. The maximum atomic E-state index is 12.9. The Balaban J connectivity index is 2.13. The number of aliphatic hydroxyl groups excluding tert-OH is 1. The molecule has 0 atom stereocenters. The number of imide groups is 1. The van der Waals surface area contributed by atoms with Crippen molar-refractivity contribution in [1.82, 2.24) is 0 Å². The lowest BCUT2D eigenvalue weighted by Gasteiger charge is -2.18. The van der Waals surface area contributed by atoms with E-state index in [1.807, 2.05) is 45.9 Å². The summed E-state index contributed by atoms with van der Waals surface area (Å²) in [4.78, 5) is 26.5. The molecule has 0 aromatic heterocycles. The van der Waals surface area contributed by atoms with Gasteiger partial charge in [-0.15, -0.1) is 0 Å². The maximum Gasteiger partial charge on any atom is 0.301 e. The van der Waals surface area contributed by atoms with Crippen LogP contribution in [0, 0.1) is 27.7 Å². The first-order valence-electron chi connectivity index (χ1n) is 7.78. The molecule has 0 saturated heterocycles. The monoisotopic (exact) mass is 321 g/mol. The normalized spacial score (nSPS) is 14.8. The Morgan fingerprint density at radius 1 is 0.875 bits per heavy atom. The number of carbonyl (C=O) groups excluding carboxylic acids is 2. The minimum absolute atomic E-state index is 0.0680. The number of rotatable bonds is 2. The number of benzene rings is 2. The van der Waals surface area contributed by atoms with Gasteiger partial charge in [-0.25, -0.2) is 4.90 Å². The van der Waals surface area contributed by atoms with Crippen molar-refractivity contribution >= 4 is 23.1 Å². The third-order valence-electron chi connectivity index (χ3n) is 4.53. The van der Waals surface area contributed by atoms with Crippen LogP contribution in [0.1, 0.15) is 27.8 Å². The van der Waals surface area contributed by atoms with Gasteiger partial charge in [-0.05, 0) is 56.0 Å². The van der Waals surface area contributed by atoms with E-state index in [0.29, 0.717) is 11.3 Å². The van der Waals surface area contributed by atoms with Gasteiger partial charge in [0.25, 0.3) is 5.91 Å². The molecule has 0 fully saturated rings. The fourth-order valence-corrected chi connectivity index (χ4v) is 3.05. The molecule has 0 spiro atoms. The molecule has 1 aliphatic rings. The van der Waals surface area contributed by atoms with Crippen LogP contribution in [0.2, 0.25) is 0 Å². The first-order chi connectivity index (χ1) is 11.3. The van der Waals surface area contributed by atoms with Crippen molar-refractivity contribution in [2.45, 2.75) is 27.7 Å². The third kappa shape index (κ3) is 2.31. The summed E-state index contributed by atoms with van der Waals surface area (Å²) >= 11 is 0. The predicted octanol–water partition coefficient (Wildman–Crippen LogP) is 3.76. The van der Waals surface area contributed by atoms with Crippen LogP contribution in [0.3, 0.4) is 0 Å². The standard InChI is InChI=1S/C20H19NO3/c1-11-8-9-15(13(3)10-11)17-18(22)20(24)21(19(17)23)16-7-5-6-12(2)14(16)4/h5-10,22H,1-4H3. The molecule has 24 heavy (non-hydrogen) atoms. The second-order valence-corrected chi connectivity index (χ2v) is 6.21. The lowest BCUT2D eigenvalue weighted by molar-refractivity contribution is -0.121. The number of nitrogens with zero attached hydrogens (tertiary/aromatic N) is 1. The minimum Gasteiger partial charge on any atom is -0.502 e. The zero-order valence-electron chi connectivity index (χ0n) is 14.2. The number of amides is 2. The quantitative estimate of drug-likeness (QED) is 0.857. The van der Waals surface area contributed by atoms with E-state index < -0.39 is 17.6 Å². The highest BCUT2D eigenvalue weighted by Crippen LogP contribution is 2.35. The van der Waals surface area contributed by atoms with Crippen LogP contribution < -0.4 is 4.90 Å². The van der Waals surface area contributed by atoms with E-state index in [-0.39, 0.29) is 5.57 Å². The van der Waals surface area contributed by atoms with E-state index in [1.54, 1.807) is 18.2 Å². The molecule has 0 radical (unpaired) electrons. The summed E-state index contributed by atoms with van der Waals surface area (Å²) in [5, 5.41) is 10.3. The van der Waals surface area contributed by atoms with E-state index in [1.165, 1.54) is 0 Å². The fraction of sp³-hybridized carbons (Fsp3) is 0.200. The number of hydrogen-bond donors (Lipinski definition) is 1. The van der Waals surface area contributed by atoms with Gasteiger partial charge in [-0.3, -0.25) is 9.59 Å². The van der Waals surface area contributed by atoms with Gasteiger partial charge in [0.15, 0.2) is 5.76 Å². The minimum atomic E-state index is -0.677. The number of aryl methyl sites for hydroxylation is 3. The molecule has 4 heteroatoms. The number of aliphatic hydroxyl groups is 1. The summed E-state index contributed by atoms with van der Waals surface area (Å²) in [5.74, 6) is -1.66. The van der Waals surface area contributed by atoms with Crippen LogP contribution in [-0.4, -0.2) is 16.9 Å². The molecular weight excluding hydrogens is 302 g/mol. The third-order valence-corrected chi connectivity index (χ3v) is 4.53. The maximum absolute atomic E-state index is 12.9. The Kier molecular flexibility index (Phi) is 3.76. The van der Waals surface area contributed by atoms with Gasteiger partial charge in [0, 0.05) is 0 Å². The largest absolute Gasteiger partial charge is 0.502 e. The smallest absolute Gasteiger partial charge is 0.301 e. The molecule has 0 saturated carbocycles. The first kappa shape index (κ1) is 16.0. The van der Waals surface area contributed by atoms with Crippen molar-refractivity contribution < 1.29 is 14.7 Å². The van der Waals surface area contributed by atoms with Gasteiger partial charge in [-0.2, -0.15) is 0 Å². The molecule has 1 heterocycles. The molecule has 2 amide bonds. The molecule has 0 aliphatic carbocycles. The SMILES string of the molecule is Cc1ccc(C2=C(O)C(=O)N(c3cccc(C)c3C)C2=O)c(C)c1. The molecule has 0 unspecified atom stereocenters. The highest BCUT2D eigenvalue weighted by Gasteiger charge is 2.41. The summed E-state index contributed by atoms with van der Waals surface area (Å²) in [6.45, 7) is 7.59. The van der Waals surface area contributed by atoms with E-state index >= 15 is 0 Å². The first-order valence-corrected chi connectivity index (χ1v) is 7.78. The summed E-state index contributed by atoms with van der Waals surface area (Å²) in [5.41, 5.74) is 4.89.